The highest BCUT2D eigenvalue weighted by molar-refractivity contribution is 5.62. The topological polar surface area (TPSA) is 53.1 Å². The van der Waals surface area contributed by atoms with Crippen LogP contribution in [-0.2, 0) is 6.54 Å². The summed E-state index contributed by atoms with van der Waals surface area (Å²) < 4.78 is 13.3. The second-order valence-corrected chi connectivity index (χ2v) is 5.76. The minimum absolute atomic E-state index is 0.651. The van der Waals surface area contributed by atoms with E-state index < -0.39 is 0 Å². The summed E-state index contributed by atoms with van der Waals surface area (Å²) in [6, 6.07) is 4.08. The van der Waals surface area contributed by atoms with E-state index in [-0.39, 0.29) is 0 Å². The Hall–Kier alpha value is -2.56. The number of benzene rings is 1. The van der Waals surface area contributed by atoms with E-state index in [1.54, 1.807) is 13.3 Å². The summed E-state index contributed by atoms with van der Waals surface area (Å²) in [5.41, 5.74) is 4.07. The van der Waals surface area contributed by atoms with Gasteiger partial charge in [0.15, 0.2) is 0 Å². The van der Waals surface area contributed by atoms with Crippen LogP contribution in [0.3, 0.4) is 0 Å². The number of hydrogen-bond acceptors (Lipinski definition) is 4. The van der Waals surface area contributed by atoms with E-state index in [9.17, 15) is 0 Å². The van der Waals surface area contributed by atoms with Gasteiger partial charge in [0.2, 0.25) is 5.89 Å². The maximum atomic E-state index is 5.91. The first-order chi connectivity index (χ1) is 11.0. The van der Waals surface area contributed by atoms with E-state index in [1.165, 1.54) is 0 Å². The lowest BCUT2D eigenvalue weighted by molar-refractivity contribution is 0.411. The SMILES string of the molecule is COc1cc(C)c(-c2nc(Cn3ccnc3C)c(C)o2)cc1C. The molecule has 0 spiro atoms. The number of aromatic nitrogens is 3. The highest BCUT2D eigenvalue weighted by Crippen LogP contribution is 2.30. The predicted molar refractivity (Wildman–Crippen MR) is 88.8 cm³/mol. The third-order valence-corrected chi connectivity index (χ3v) is 4.11. The molecule has 2 aromatic heterocycles. The fourth-order valence-electron chi connectivity index (χ4n) is 2.66. The van der Waals surface area contributed by atoms with Crippen LogP contribution in [0.25, 0.3) is 11.5 Å². The van der Waals surface area contributed by atoms with Crippen LogP contribution in [0.4, 0.5) is 0 Å². The molecule has 0 saturated carbocycles. The fraction of sp³-hybridized carbons (Fsp3) is 0.333. The lowest BCUT2D eigenvalue weighted by Crippen LogP contribution is -2.02. The predicted octanol–water partition coefficient (Wildman–Crippen LogP) is 3.83. The minimum Gasteiger partial charge on any atom is -0.496 e. The summed E-state index contributed by atoms with van der Waals surface area (Å²) >= 11 is 0. The molecule has 5 nitrogen and oxygen atoms in total. The van der Waals surface area contributed by atoms with Crippen LogP contribution in [0.2, 0.25) is 0 Å². The maximum Gasteiger partial charge on any atom is 0.226 e. The molecule has 0 aliphatic rings. The van der Waals surface area contributed by atoms with Gasteiger partial charge in [0, 0.05) is 18.0 Å². The Morgan fingerprint density at radius 1 is 1.13 bits per heavy atom. The summed E-state index contributed by atoms with van der Waals surface area (Å²) in [5.74, 6) is 3.33. The van der Waals surface area contributed by atoms with Crippen molar-refractivity contribution in [2.45, 2.75) is 34.2 Å². The van der Waals surface area contributed by atoms with Gasteiger partial charge in [0.1, 0.15) is 23.0 Å². The molecule has 0 unspecified atom stereocenters. The molecule has 3 aromatic rings. The Labute approximate surface area is 136 Å². The molecule has 2 heterocycles. The van der Waals surface area contributed by atoms with Gasteiger partial charge in [-0.1, -0.05) is 0 Å². The number of hydrogen-bond donors (Lipinski definition) is 0. The Kier molecular flexibility index (Phi) is 3.94. The Morgan fingerprint density at radius 2 is 1.91 bits per heavy atom. The molecule has 1 aromatic carbocycles. The van der Waals surface area contributed by atoms with Crippen molar-refractivity contribution in [1.29, 1.82) is 0 Å². The maximum absolute atomic E-state index is 5.91. The van der Waals surface area contributed by atoms with Gasteiger partial charge in [0.05, 0.1) is 13.7 Å². The third-order valence-electron chi connectivity index (χ3n) is 4.11. The average Bonchev–Trinajstić information content (AvgIpc) is 3.08. The molecule has 0 aliphatic carbocycles. The summed E-state index contributed by atoms with van der Waals surface area (Å²) in [6.45, 7) is 8.65. The first-order valence-corrected chi connectivity index (χ1v) is 7.59. The molecule has 0 N–H and O–H groups in total. The molecule has 0 aliphatic heterocycles. The highest BCUT2D eigenvalue weighted by Gasteiger charge is 2.15. The summed E-state index contributed by atoms with van der Waals surface area (Å²) in [5, 5.41) is 0. The number of aryl methyl sites for hydroxylation is 4. The van der Waals surface area contributed by atoms with Gasteiger partial charge in [-0.25, -0.2) is 9.97 Å². The largest absolute Gasteiger partial charge is 0.496 e. The van der Waals surface area contributed by atoms with Crippen molar-refractivity contribution in [1.82, 2.24) is 14.5 Å². The van der Waals surface area contributed by atoms with Gasteiger partial charge in [-0.05, 0) is 51.0 Å². The van der Waals surface area contributed by atoms with Crippen molar-refractivity contribution in [3.8, 4) is 17.2 Å². The molecule has 0 bridgehead atoms. The molecule has 23 heavy (non-hydrogen) atoms. The summed E-state index contributed by atoms with van der Waals surface area (Å²) in [6.07, 6.45) is 3.74. The van der Waals surface area contributed by atoms with Crippen LogP contribution >= 0.6 is 0 Å². The molecule has 0 fully saturated rings. The monoisotopic (exact) mass is 311 g/mol. The van der Waals surface area contributed by atoms with Gasteiger partial charge in [-0.2, -0.15) is 0 Å². The lowest BCUT2D eigenvalue weighted by atomic mass is 10.0. The van der Waals surface area contributed by atoms with E-state index in [2.05, 4.69) is 15.6 Å². The van der Waals surface area contributed by atoms with Crippen molar-refractivity contribution in [2.24, 2.45) is 0 Å². The van der Waals surface area contributed by atoms with Crippen molar-refractivity contribution >= 4 is 0 Å². The summed E-state index contributed by atoms with van der Waals surface area (Å²) in [4.78, 5) is 8.94. The Morgan fingerprint density at radius 3 is 2.57 bits per heavy atom. The second kappa shape index (κ2) is 5.91. The van der Waals surface area contributed by atoms with Gasteiger partial charge in [-0.15, -0.1) is 0 Å². The van der Waals surface area contributed by atoms with Crippen LogP contribution in [0, 0.1) is 27.7 Å². The van der Waals surface area contributed by atoms with E-state index in [4.69, 9.17) is 14.1 Å². The molecule has 5 heteroatoms. The Bertz CT molecular complexity index is 846. The van der Waals surface area contributed by atoms with Crippen LogP contribution in [0.5, 0.6) is 5.75 Å². The zero-order valence-corrected chi connectivity index (χ0v) is 14.2. The van der Waals surface area contributed by atoms with Crippen LogP contribution in [0.1, 0.15) is 28.4 Å². The first-order valence-electron chi connectivity index (χ1n) is 7.59. The molecule has 0 radical (unpaired) electrons. The van der Waals surface area contributed by atoms with Gasteiger partial charge in [0.25, 0.3) is 0 Å². The smallest absolute Gasteiger partial charge is 0.226 e. The van der Waals surface area contributed by atoms with Crippen LogP contribution in [-0.4, -0.2) is 21.6 Å². The van der Waals surface area contributed by atoms with Gasteiger partial charge < -0.3 is 13.7 Å². The Balaban J connectivity index is 1.98. The molecule has 120 valence electrons. The van der Waals surface area contributed by atoms with Crippen molar-refractivity contribution in [3.05, 3.63) is 52.9 Å². The zero-order valence-electron chi connectivity index (χ0n) is 14.2. The van der Waals surface area contributed by atoms with Crippen molar-refractivity contribution in [2.75, 3.05) is 7.11 Å². The standard InChI is InChI=1S/C18H21N3O2/c1-11-9-17(22-5)12(2)8-15(11)18-20-16(13(3)23-18)10-21-7-6-19-14(21)4/h6-9H,10H2,1-5H3. The number of nitrogens with zero attached hydrogens (tertiary/aromatic N) is 3. The molecular formula is C18H21N3O2. The minimum atomic E-state index is 0.651. The van der Waals surface area contributed by atoms with E-state index in [0.29, 0.717) is 12.4 Å². The zero-order chi connectivity index (χ0) is 16.6. The number of ether oxygens (including phenoxy) is 1. The number of rotatable bonds is 4. The van der Waals surface area contributed by atoms with Crippen molar-refractivity contribution < 1.29 is 9.15 Å². The third kappa shape index (κ3) is 2.86. The average molecular weight is 311 g/mol. The van der Waals surface area contributed by atoms with Gasteiger partial charge in [-0.3, -0.25) is 0 Å². The lowest BCUT2D eigenvalue weighted by Gasteiger charge is -2.08. The second-order valence-electron chi connectivity index (χ2n) is 5.76. The van der Waals surface area contributed by atoms with E-state index in [1.807, 2.05) is 40.0 Å². The molecule has 3 rings (SSSR count). The van der Waals surface area contributed by atoms with Crippen LogP contribution < -0.4 is 4.74 Å². The van der Waals surface area contributed by atoms with Crippen LogP contribution in [0.15, 0.2) is 28.9 Å². The fourth-order valence-corrected chi connectivity index (χ4v) is 2.66. The van der Waals surface area contributed by atoms with Crippen molar-refractivity contribution in [3.63, 3.8) is 0 Å². The van der Waals surface area contributed by atoms with E-state index >= 15 is 0 Å². The first kappa shape index (κ1) is 15.3. The number of oxazole rings is 1. The number of methoxy groups -OCH3 is 1. The highest BCUT2D eigenvalue weighted by atomic mass is 16.5. The quantitative estimate of drug-likeness (QED) is 0.735. The molecule has 0 amide bonds. The summed E-state index contributed by atoms with van der Waals surface area (Å²) in [7, 11) is 1.68. The van der Waals surface area contributed by atoms with E-state index in [0.717, 1.165) is 39.7 Å². The number of imidazole rings is 1. The molecular weight excluding hydrogens is 290 g/mol. The molecule has 0 saturated heterocycles. The normalized spacial score (nSPS) is 11.0. The molecule has 0 atom stereocenters. The van der Waals surface area contributed by atoms with Gasteiger partial charge >= 0.3 is 0 Å².